The first-order chi connectivity index (χ1) is 11.9. The Bertz CT molecular complexity index is 867. The highest BCUT2D eigenvalue weighted by Crippen LogP contribution is 2.41. The van der Waals surface area contributed by atoms with Crippen molar-refractivity contribution in [3.8, 4) is 0 Å². The smallest absolute Gasteiger partial charge is 0.280 e. The summed E-state index contributed by atoms with van der Waals surface area (Å²) in [5.41, 5.74) is 1.89. The van der Waals surface area contributed by atoms with Gasteiger partial charge in [0.2, 0.25) is 0 Å². The maximum atomic E-state index is 13.1. The Morgan fingerprint density at radius 3 is 2.76 bits per heavy atom. The molecule has 0 spiro atoms. The van der Waals surface area contributed by atoms with Crippen LogP contribution in [0.1, 0.15) is 46.4 Å². The Hall–Kier alpha value is -2.14. The standard InChI is InChI=1S/C20H27N3O2/c1-5-18-21-16-9-7-6-8-15(16)19(25)22(18)23-17(20(23,3)4)11-10-14(2)12-13-24/h6-9,12,17,24H,5,10-11,13H2,1-4H3/b14-12+. The maximum Gasteiger partial charge on any atom is 0.280 e. The lowest BCUT2D eigenvalue weighted by molar-refractivity contribution is 0.341. The van der Waals surface area contributed by atoms with E-state index in [0.29, 0.717) is 17.8 Å². The lowest BCUT2D eigenvalue weighted by Crippen LogP contribution is -2.36. The molecule has 2 heterocycles. The zero-order valence-electron chi connectivity index (χ0n) is 15.5. The molecule has 1 unspecified atom stereocenters. The van der Waals surface area contributed by atoms with Crippen molar-refractivity contribution in [2.45, 2.75) is 58.5 Å². The molecular weight excluding hydrogens is 314 g/mol. The van der Waals surface area contributed by atoms with Gasteiger partial charge in [-0.2, -0.15) is 0 Å². The Balaban J connectivity index is 1.97. The van der Waals surface area contributed by atoms with E-state index in [-0.39, 0.29) is 17.7 Å². The fourth-order valence-electron chi connectivity index (χ4n) is 3.66. The lowest BCUT2D eigenvalue weighted by Gasteiger charge is -2.17. The van der Waals surface area contributed by atoms with E-state index in [4.69, 9.17) is 10.1 Å². The number of allylic oxidation sites excluding steroid dienone is 1. The van der Waals surface area contributed by atoms with Gasteiger partial charge in [0.05, 0.1) is 29.1 Å². The summed E-state index contributed by atoms with van der Waals surface area (Å²) in [6.07, 6.45) is 4.43. The highest BCUT2D eigenvalue weighted by molar-refractivity contribution is 5.77. The molecular formula is C20H27N3O2. The van der Waals surface area contributed by atoms with Crippen LogP contribution in [-0.2, 0) is 6.42 Å². The van der Waals surface area contributed by atoms with Gasteiger partial charge in [0.1, 0.15) is 5.82 Å². The third kappa shape index (κ3) is 3.09. The normalized spacial score (nSPS) is 19.5. The van der Waals surface area contributed by atoms with Gasteiger partial charge in [-0.1, -0.05) is 30.7 Å². The number of benzene rings is 1. The molecule has 1 saturated heterocycles. The van der Waals surface area contributed by atoms with E-state index in [2.05, 4.69) is 18.9 Å². The van der Waals surface area contributed by atoms with Gasteiger partial charge in [-0.25, -0.2) is 9.66 Å². The summed E-state index contributed by atoms with van der Waals surface area (Å²) in [5.74, 6) is 0.807. The van der Waals surface area contributed by atoms with Crippen LogP contribution >= 0.6 is 0 Å². The predicted octanol–water partition coefficient (Wildman–Crippen LogP) is 2.78. The van der Waals surface area contributed by atoms with Crippen molar-refractivity contribution in [2.24, 2.45) is 0 Å². The first-order valence-corrected chi connectivity index (χ1v) is 8.98. The number of aromatic nitrogens is 2. The molecule has 0 saturated carbocycles. The fourth-order valence-corrected chi connectivity index (χ4v) is 3.66. The molecule has 5 nitrogen and oxygen atoms in total. The molecule has 2 aromatic rings. The molecule has 1 atom stereocenters. The van der Waals surface area contributed by atoms with Gasteiger partial charge in [0, 0.05) is 6.42 Å². The first kappa shape index (κ1) is 17.7. The molecule has 25 heavy (non-hydrogen) atoms. The monoisotopic (exact) mass is 341 g/mol. The van der Waals surface area contributed by atoms with E-state index in [1.807, 2.05) is 44.2 Å². The van der Waals surface area contributed by atoms with Crippen LogP contribution in [0.15, 0.2) is 40.7 Å². The number of aliphatic hydroxyl groups excluding tert-OH is 1. The van der Waals surface area contributed by atoms with E-state index in [9.17, 15) is 4.79 Å². The number of hydrogen-bond acceptors (Lipinski definition) is 4. The molecule has 134 valence electrons. The average Bonchev–Trinajstić information content (AvgIpc) is 3.13. The minimum absolute atomic E-state index is 0.0145. The minimum Gasteiger partial charge on any atom is -0.392 e. The number of fused-ring (bicyclic) bond motifs is 1. The molecule has 1 N–H and O–H groups in total. The van der Waals surface area contributed by atoms with E-state index < -0.39 is 0 Å². The van der Waals surface area contributed by atoms with Crippen molar-refractivity contribution < 1.29 is 5.11 Å². The van der Waals surface area contributed by atoms with Crippen LogP contribution in [0.25, 0.3) is 10.9 Å². The molecule has 0 amide bonds. The number of aliphatic hydroxyl groups is 1. The third-order valence-electron chi connectivity index (χ3n) is 5.24. The van der Waals surface area contributed by atoms with Crippen LogP contribution in [-0.4, -0.2) is 33.0 Å². The predicted molar refractivity (Wildman–Crippen MR) is 102 cm³/mol. The summed E-state index contributed by atoms with van der Waals surface area (Å²) < 4.78 is 1.79. The van der Waals surface area contributed by atoms with E-state index >= 15 is 0 Å². The highest BCUT2D eigenvalue weighted by atomic mass is 16.2. The van der Waals surface area contributed by atoms with Crippen LogP contribution in [0.5, 0.6) is 0 Å². The molecule has 3 rings (SSSR count). The lowest BCUT2D eigenvalue weighted by atomic mass is 10.0. The molecule has 0 aliphatic carbocycles. The maximum absolute atomic E-state index is 13.1. The van der Waals surface area contributed by atoms with Gasteiger partial charge in [-0.05, 0) is 45.7 Å². The Labute approximate surface area is 148 Å². The van der Waals surface area contributed by atoms with Crippen LogP contribution in [0.4, 0.5) is 0 Å². The van der Waals surface area contributed by atoms with E-state index in [1.165, 1.54) is 5.57 Å². The fraction of sp³-hybridized carbons (Fsp3) is 0.500. The highest BCUT2D eigenvalue weighted by Gasteiger charge is 2.56. The van der Waals surface area contributed by atoms with Gasteiger partial charge in [0.15, 0.2) is 0 Å². The number of para-hydroxylation sites is 1. The van der Waals surface area contributed by atoms with Gasteiger partial charge < -0.3 is 5.11 Å². The summed E-state index contributed by atoms with van der Waals surface area (Å²) in [7, 11) is 0. The average molecular weight is 341 g/mol. The second-order valence-electron chi connectivity index (χ2n) is 7.30. The molecule has 5 heteroatoms. The summed E-state index contributed by atoms with van der Waals surface area (Å²) in [4.78, 5) is 17.8. The summed E-state index contributed by atoms with van der Waals surface area (Å²) >= 11 is 0. The number of hydrogen-bond donors (Lipinski definition) is 1. The van der Waals surface area contributed by atoms with Crippen molar-refractivity contribution in [1.82, 2.24) is 9.66 Å². The molecule has 1 fully saturated rings. The van der Waals surface area contributed by atoms with Crippen molar-refractivity contribution in [2.75, 3.05) is 11.6 Å². The SMILES string of the molecule is CCc1nc2ccccc2c(=O)n1N1C(CC/C(C)=C/CO)C1(C)C. The second-order valence-corrected chi connectivity index (χ2v) is 7.30. The summed E-state index contributed by atoms with van der Waals surface area (Å²) in [6, 6.07) is 7.84. The summed E-state index contributed by atoms with van der Waals surface area (Å²) in [6.45, 7) is 8.50. The number of rotatable bonds is 6. The third-order valence-corrected chi connectivity index (χ3v) is 5.24. The first-order valence-electron chi connectivity index (χ1n) is 8.98. The Morgan fingerprint density at radius 2 is 2.08 bits per heavy atom. The van der Waals surface area contributed by atoms with Gasteiger partial charge >= 0.3 is 0 Å². The van der Waals surface area contributed by atoms with Crippen molar-refractivity contribution in [3.05, 3.63) is 52.1 Å². The van der Waals surface area contributed by atoms with Gasteiger partial charge in [0.25, 0.3) is 5.56 Å². The van der Waals surface area contributed by atoms with Crippen LogP contribution in [0.2, 0.25) is 0 Å². The molecule has 1 aromatic heterocycles. The largest absolute Gasteiger partial charge is 0.392 e. The van der Waals surface area contributed by atoms with Crippen molar-refractivity contribution in [3.63, 3.8) is 0 Å². The number of nitrogens with zero attached hydrogens (tertiary/aromatic N) is 3. The zero-order chi connectivity index (χ0) is 18.2. The summed E-state index contributed by atoms with van der Waals surface area (Å²) in [5, 5.41) is 11.8. The van der Waals surface area contributed by atoms with Crippen LogP contribution < -0.4 is 10.6 Å². The van der Waals surface area contributed by atoms with Gasteiger partial charge in [-0.15, -0.1) is 0 Å². The minimum atomic E-state index is -0.0720. The quantitative estimate of drug-likeness (QED) is 0.648. The van der Waals surface area contributed by atoms with Crippen LogP contribution in [0, 0.1) is 0 Å². The van der Waals surface area contributed by atoms with E-state index in [1.54, 1.807) is 4.68 Å². The molecule has 1 aliphatic heterocycles. The van der Waals surface area contributed by atoms with Crippen molar-refractivity contribution >= 4 is 10.9 Å². The topological polar surface area (TPSA) is 58.1 Å². The Kier molecular flexibility index (Phi) is 4.69. The number of aryl methyl sites for hydroxylation is 1. The van der Waals surface area contributed by atoms with Crippen LogP contribution in [0.3, 0.4) is 0 Å². The molecule has 0 bridgehead atoms. The van der Waals surface area contributed by atoms with Gasteiger partial charge in [-0.3, -0.25) is 9.80 Å². The zero-order valence-corrected chi connectivity index (χ0v) is 15.5. The molecule has 1 aliphatic rings. The second kappa shape index (κ2) is 6.64. The van der Waals surface area contributed by atoms with Crippen molar-refractivity contribution in [1.29, 1.82) is 0 Å². The Morgan fingerprint density at radius 1 is 1.36 bits per heavy atom. The van der Waals surface area contributed by atoms with E-state index in [0.717, 1.165) is 24.2 Å². The molecule has 1 aromatic carbocycles. The molecule has 0 radical (unpaired) electrons.